The molecule has 0 saturated carbocycles. The minimum atomic E-state index is -4.36. The van der Waals surface area contributed by atoms with Crippen LogP contribution in [0.5, 0.6) is 0 Å². The molecule has 0 amide bonds. The van der Waals surface area contributed by atoms with E-state index in [4.69, 9.17) is 0 Å². The van der Waals surface area contributed by atoms with Gasteiger partial charge in [-0.2, -0.15) is 13.2 Å². The van der Waals surface area contributed by atoms with Crippen LogP contribution in [0.15, 0.2) is 41.3 Å². The SMILES string of the molecule is FC(F)(F)c1ccc(Br)c(NCc2cnccn2)c1. The first-order valence-corrected chi connectivity index (χ1v) is 6.11. The van der Waals surface area contributed by atoms with Crippen molar-refractivity contribution in [2.75, 3.05) is 5.32 Å². The van der Waals surface area contributed by atoms with Crippen LogP contribution in [0.2, 0.25) is 0 Å². The van der Waals surface area contributed by atoms with Gasteiger partial charge in [0.15, 0.2) is 0 Å². The lowest BCUT2D eigenvalue weighted by Crippen LogP contribution is -2.07. The number of aromatic nitrogens is 2. The minimum absolute atomic E-state index is 0.299. The molecule has 1 aromatic heterocycles. The molecule has 0 aliphatic heterocycles. The summed E-state index contributed by atoms with van der Waals surface area (Å²) >= 11 is 3.20. The van der Waals surface area contributed by atoms with Crippen molar-refractivity contribution in [1.29, 1.82) is 0 Å². The fourth-order valence-electron chi connectivity index (χ4n) is 1.44. The molecule has 1 aromatic carbocycles. The Morgan fingerprint density at radius 3 is 2.63 bits per heavy atom. The van der Waals surface area contributed by atoms with Gasteiger partial charge in [-0.1, -0.05) is 0 Å². The van der Waals surface area contributed by atoms with Gasteiger partial charge in [0.25, 0.3) is 0 Å². The Bertz CT molecular complexity index is 558. The summed E-state index contributed by atoms with van der Waals surface area (Å²) < 4.78 is 38.4. The van der Waals surface area contributed by atoms with Gasteiger partial charge >= 0.3 is 6.18 Å². The number of alkyl halides is 3. The summed E-state index contributed by atoms with van der Waals surface area (Å²) in [7, 11) is 0. The Kier molecular flexibility index (Phi) is 4.04. The van der Waals surface area contributed by atoms with Crippen LogP contribution in [0, 0.1) is 0 Å². The molecule has 0 fully saturated rings. The van der Waals surface area contributed by atoms with Gasteiger partial charge < -0.3 is 5.32 Å². The molecule has 0 atom stereocenters. The first kappa shape index (κ1) is 13.8. The second-order valence-corrected chi connectivity index (χ2v) is 4.60. The summed E-state index contributed by atoms with van der Waals surface area (Å²) in [6, 6.07) is 3.44. The van der Waals surface area contributed by atoms with E-state index < -0.39 is 11.7 Å². The van der Waals surface area contributed by atoms with Crippen LogP contribution < -0.4 is 5.32 Å². The Hall–Kier alpha value is -1.63. The third kappa shape index (κ3) is 3.66. The number of halogens is 4. The van der Waals surface area contributed by atoms with Gasteiger partial charge in [-0.3, -0.25) is 9.97 Å². The van der Waals surface area contributed by atoms with Gasteiger partial charge in [-0.25, -0.2) is 0 Å². The highest BCUT2D eigenvalue weighted by Gasteiger charge is 2.30. The van der Waals surface area contributed by atoms with Crippen molar-refractivity contribution < 1.29 is 13.2 Å². The molecule has 2 aromatic rings. The van der Waals surface area contributed by atoms with Crippen LogP contribution in [0.1, 0.15) is 11.3 Å². The molecule has 1 N–H and O–H groups in total. The first-order chi connectivity index (χ1) is 8.97. The van der Waals surface area contributed by atoms with E-state index in [0.717, 1.165) is 12.1 Å². The first-order valence-electron chi connectivity index (χ1n) is 5.32. The molecule has 2 rings (SSSR count). The Labute approximate surface area is 116 Å². The molecule has 0 aliphatic rings. The fourth-order valence-corrected chi connectivity index (χ4v) is 1.83. The van der Waals surface area contributed by atoms with Crippen molar-refractivity contribution in [3.05, 3.63) is 52.5 Å². The van der Waals surface area contributed by atoms with Gasteiger partial charge in [0.2, 0.25) is 0 Å². The lowest BCUT2D eigenvalue weighted by Gasteiger charge is -2.12. The summed E-state index contributed by atoms with van der Waals surface area (Å²) in [4.78, 5) is 7.91. The molecule has 0 radical (unpaired) electrons. The zero-order valence-corrected chi connectivity index (χ0v) is 11.2. The van der Waals surface area contributed by atoms with E-state index in [1.807, 2.05) is 0 Å². The fraction of sp³-hybridized carbons (Fsp3) is 0.167. The van der Waals surface area contributed by atoms with Crippen molar-refractivity contribution in [1.82, 2.24) is 9.97 Å². The van der Waals surface area contributed by atoms with E-state index in [0.29, 0.717) is 22.4 Å². The predicted molar refractivity (Wildman–Crippen MR) is 68.5 cm³/mol. The average molecular weight is 332 g/mol. The predicted octanol–water partition coefficient (Wildman–Crippen LogP) is 3.87. The minimum Gasteiger partial charge on any atom is -0.378 e. The molecule has 100 valence electrons. The Morgan fingerprint density at radius 2 is 2.00 bits per heavy atom. The summed E-state index contributed by atoms with van der Waals surface area (Å²) in [6.07, 6.45) is 0.250. The summed E-state index contributed by atoms with van der Waals surface area (Å²) in [5, 5.41) is 2.89. The zero-order chi connectivity index (χ0) is 13.9. The van der Waals surface area contributed by atoms with Gasteiger partial charge in [0.05, 0.1) is 24.0 Å². The van der Waals surface area contributed by atoms with E-state index in [-0.39, 0.29) is 0 Å². The van der Waals surface area contributed by atoms with E-state index in [2.05, 4.69) is 31.2 Å². The molecule has 1 heterocycles. The molecule has 7 heteroatoms. The number of benzene rings is 1. The average Bonchev–Trinajstić information content (AvgIpc) is 2.37. The van der Waals surface area contributed by atoms with E-state index >= 15 is 0 Å². The summed E-state index contributed by atoms with van der Waals surface area (Å²) in [5.74, 6) is 0. The number of anilines is 1. The second kappa shape index (κ2) is 5.56. The lowest BCUT2D eigenvalue weighted by molar-refractivity contribution is -0.137. The van der Waals surface area contributed by atoms with Crippen LogP contribution in [0.25, 0.3) is 0 Å². The van der Waals surface area contributed by atoms with Crippen LogP contribution in [0.4, 0.5) is 18.9 Å². The smallest absolute Gasteiger partial charge is 0.378 e. The zero-order valence-electron chi connectivity index (χ0n) is 9.58. The standard InChI is InChI=1S/C12H9BrF3N3/c13-10-2-1-8(12(14,15)16)5-11(10)19-7-9-6-17-3-4-18-9/h1-6,19H,7H2. The highest BCUT2D eigenvalue weighted by Crippen LogP contribution is 2.34. The van der Waals surface area contributed by atoms with Gasteiger partial charge in [-0.05, 0) is 34.1 Å². The molecule has 0 spiro atoms. The molecule has 0 unspecified atom stereocenters. The highest BCUT2D eigenvalue weighted by atomic mass is 79.9. The highest BCUT2D eigenvalue weighted by molar-refractivity contribution is 9.10. The molecule has 0 bridgehead atoms. The van der Waals surface area contributed by atoms with E-state index in [1.54, 1.807) is 6.20 Å². The van der Waals surface area contributed by atoms with Crippen LogP contribution in [0.3, 0.4) is 0 Å². The largest absolute Gasteiger partial charge is 0.416 e. The monoisotopic (exact) mass is 331 g/mol. The number of rotatable bonds is 3. The maximum Gasteiger partial charge on any atom is 0.416 e. The molecule has 19 heavy (non-hydrogen) atoms. The van der Waals surface area contributed by atoms with Crippen molar-refractivity contribution in [2.45, 2.75) is 12.7 Å². The third-order valence-electron chi connectivity index (χ3n) is 2.37. The van der Waals surface area contributed by atoms with Gasteiger partial charge in [0, 0.05) is 22.6 Å². The van der Waals surface area contributed by atoms with Crippen molar-refractivity contribution in [2.24, 2.45) is 0 Å². The number of nitrogens with zero attached hydrogens (tertiary/aromatic N) is 2. The number of hydrogen-bond acceptors (Lipinski definition) is 3. The molecule has 0 saturated heterocycles. The van der Waals surface area contributed by atoms with Crippen molar-refractivity contribution >= 4 is 21.6 Å². The Balaban J connectivity index is 2.16. The van der Waals surface area contributed by atoms with Gasteiger partial charge in [-0.15, -0.1) is 0 Å². The molecule has 0 aliphatic carbocycles. The van der Waals surface area contributed by atoms with Crippen LogP contribution >= 0.6 is 15.9 Å². The second-order valence-electron chi connectivity index (χ2n) is 3.74. The van der Waals surface area contributed by atoms with E-state index in [9.17, 15) is 13.2 Å². The summed E-state index contributed by atoms with van der Waals surface area (Å²) in [6.45, 7) is 0.299. The topological polar surface area (TPSA) is 37.8 Å². The van der Waals surface area contributed by atoms with Crippen molar-refractivity contribution in [3.8, 4) is 0 Å². The molecular weight excluding hydrogens is 323 g/mol. The maximum atomic E-state index is 12.6. The quantitative estimate of drug-likeness (QED) is 0.927. The number of nitrogens with one attached hydrogen (secondary N) is 1. The number of hydrogen-bond donors (Lipinski definition) is 1. The normalized spacial score (nSPS) is 11.4. The third-order valence-corrected chi connectivity index (χ3v) is 3.06. The van der Waals surface area contributed by atoms with Gasteiger partial charge in [0.1, 0.15) is 0 Å². The van der Waals surface area contributed by atoms with E-state index in [1.165, 1.54) is 18.5 Å². The van der Waals surface area contributed by atoms with Crippen LogP contribution in [-0.4, -0.2) is 9.97 Å². The molecule has 3 nitrogen and oxygen atoms in total. The van der Waals surface area contributed by atoms with Crippen LogP contribution in [-0.2, 0) is 12.7 Å². The van der Waals surface area contributed by atoms with Crippen molar-refractivity contribution in [3.63, 3.8) is 0 Å². The Morgan fingerprint density at radius 1 is 1.21 bits per heavy atom. The molecular formula is C12H9BrF3N3. The lowest BCUT2D eigenvalue weighted by atomic mass is 10.2. The maximum absolute atomic E-state index is 12.6. The summed E-state index contributed by atoms with van der Waals surface area (Å²) in [5.41, 5.74) is 0.310.